The number of hydrogen-bond donors (Lipinski definition) is 0. The van der Waals surface area contributed by atoms with E-state index in [4.69, 9.17) is 13.9 Å². The standard InChI is InChI=1S/C20H11NO4S/c22-20-18(21-19(25-20)15-7-3-9-23-15)13-11-16(17-8-4-10-26-17)24-14-6-2-1-5-12(13)14/h1-11H. The molecule has 0 aliphatic carbocycles. The third kappa shape index (κ3) is 2.39. The molecule has 0 spiro atoms. The van der Waals surface area contributed by atoms with Crippen molar-refractivity contribution in [2.75, 3.05) is 0 Å². The second-order valence-electron chi connectivity index (χ2n) is 5.63. The summed E-state index contributed by atoms with van der Waals surface area (Å²) < 4.78 is 16.6. The first-order valence-electron chi connectivity index (χ1n) is 7.91. The third-order valence-corrected chi connectivity index (χ3v) is 4.90. The Morgan fingerprint density at radius 2 is 1.88 bits per heavy atom. The fourth-order valence-electron chi connectivity index (χ4n) is 2.85. The van der Waals surface area contributed by atoms with Gasteiger partial charge in [0.25, 0.3) is 5.90 Å². The molecule has 5 rings (SSSR count). The van der Waals surface area contributed by atoms with Crippen LogP contribution < -0.4 is 4.74 Å². The topological polar surface area (TPSA) is 61.0 Å². The molecule has 1 aromatic carbocycles. The third-order valence-electron chi connectivity index (χ3n) is 4.02. The van der Waals surface area contributed by atoms with Gasteiger partial charge in [-0.15, -0.1) is 11.3 Å². The lowest BCUT2D eigenvalue weighted by atomic mass is 9.99. The van der Waals surface area contributed by atoms with Gasteiger partial charge in [0, 0.05) is 11.1 Å². The Morgan fingerprint density at radius 1 is 0.962 bits per heavy atom. The largest absolute Gasteiger partial charge is 0.459 e. The number of allylic oxidation sites excluding steroid dienone is 2. The maximum atomic E-state index is 12.5. The molecule has 126 valence electrons. The van der Waals surface area contributed by atoms with E-state index in [9.17, 15) is 4.79 Å². The lowest BCUT2D eigenvalue weighted by Gasteiger charge is -2.19. The van der Waals surface area contributed by atoms with E-state index < -0.39 is 5.97 Å². The van der Waals surface area contributed by atoms with Gasteiger partial charge in [-0.25, -0.2) is 9.79 Å². The van der Waals surface area contributed by atoms with Crippen molar-refractivity contribution in [1.82, 2.24) is 0 Å². The zero-order valence-corrected chi connectivity index (χ0v) is 14.2. The Kier molecular flexibility index (Phi) is 3.36. The molecule has 4 heterocycles. The van der Waals surface area contributed by atoms with E-state index in [0.717, 1.165) is 10.4 Å². The number of nitrogens with zero attached hydrogens (tertiary/aromatic N) is 1. The molecule has 26 heavy (non-hydrogen) atoms. The number of carbonyl (C=O) groups excluding carboxylic acids is 1. The molecule has 0 unspecified atom stereocenters. The van der Waals surface area contributed by atoms with Crippen LogP contribution in [0.25, 0.3) is 11.3 Å². The molecule has 0 saturated heterocycles. The molecule has 3 aromatic rings. The number of ether oxygens (including phenoxy) is 2. The maximum Gasteiger partial charge on any atom is 0.364 e. The van der Waals surface area contributed by atoms with E-state index in [1.165, 1.54) is 6.26 Å². The molecule has 5 nitrogen and oxygen atoms in total. The Bertz CT molecular complexity index is 1090. The molecular formula is C20H11NO4S. The van der Waals surface area contributed by atoms with Gasteiger partial charge in [-0.2, -0.15) is 0 Å². The number of fused-ring (bicyclic) bond motifs is 1. The predicted octanol–water partition coefficient (Wildman–Crippen LogP) is 4.49. The fraction of sp³-hybridized carbons (Fsp3) is 0. The van der Waals surface area contributed by atoms with Crippen molar-refractivity contribution in [2.45, 2.75) is 0 Å². The van der Waals surface area contributed by atoms with Crippen LogP contribution in [0.4, 0.5) is 0 Å². The van der Waals surface area contributed by atoms with E-state index in [1.54, 1.807) is 23.5 Å². The normalized spacial score (nSPS) is 18.7. The van der Waals surface area contributed by atoms with E-state index in [-0.39, 0.29) is 11.6 Å². The molecule has 0 fully saturated rings. The summed E-state index contributed by atoms with van der Waals surface area (Å²) in [4.78, 5) is 17.8. The number of carbonyl (C=O) groups is 1. The van der Waals surface area contributed by atoms with Crippen LogP contribution >= 0.6 is 11.3 Å². The van der Waals surface area contributed by atoms with Crippen molar-refractivity contribution in [1.29, 1.82) is 0 Å². The van der Waals surface area contributed by atoms with Crippen LogP contribution in [-0.4, -0.2) is 11.9 Å². The minimum absolute atomic E-state index is 0.164. The molecule has 0 saturated carbocycles. The molecule has 2 aliphatic rings. The highest BCUT2D eigenvalue weighted by molar-refractivity contribution is 7.11. The second-order valence-corrected chi connectivity index (χ2v) is 6.58. The van der Waals surface area contributed by atoms with Crippen molar-refractivity contribution < 1.29 is 18.7 Å². The summed E-state index contributed by atoms with van der Waals surface area (Å²) in [7, 11) is 0. The van der Waals surface area contributed by atoms with Gasteiger partial charge in [0.2, 0.25) is 0 Å². The van der Waals surface area contributed by atoms with E-state index in [0.29, 0.717) is 22.8 Å². The van der Waals surface area contributed by atoms with Crippen LogP contribution in [0.5, 0.6) is 5.75 Å². The number of hydrogen-bond acceptors (Lipinski definition) is 6. The minimum atomic E-state index is -0.509. The molecule has 6 heteroatoms. The quantitative estimate of drug-likeness (QED) is 0.498. The lowest BCUT2D eigenvalue weighted by molar-refractivity contribution is -0.130. The first kappa shape index (κ1) is 14.9. The number of furan rings is 1. The first-order chi connectivity index (χ1) is 12.8. The van der Waals surface area contributed by atoms with E-state index in [1.807, 2.05) is 47.9 Å². The number of rotatable bonds is 2. The Balaban J connectivity index is 1.71. The lowest BCUT2D eigenvalue weighted by Crippen LogP contribution is -2.07. The van der Waals surface area contributed by atoms with Crippen LogP contribution in [0, 0.1) is 0 Å². The molecule has 2 aromatic heterocycles. The second kappa shape index (κ2) is 5.86. The van der Waals surface area contributed by atoms with Crippen LogP contribution in [0.2, 0.25) is 0 Å². The molecule has 0 N–H and O–H groups in total. The van der Waals surface area contributed by atoms with Gasteiger partial charge in [-0.3, -0.25) is 0 Å². The Morgan fingerprint density at radius 3 is 2.69 bits per heavy atom. The fourth-order valence-corrected chi connectivity index (χ4v) is 3.53. The summed E-state index contributed by atoms with van der Waals surface area (Å²) in [5, 5.41) is 1.98. The van der Waals surface area contributed by atoms with Crippen molar-refractivity contribution in [3.8, 4) is 5.75 Å². The van der Waals surface area contributed by atoms with Gasteiger partial charge in [0.1, 0.15) is 11.5 Å². The van der Waals surface area contributed by atoms with Crippen molar-refractivity contribution in [3.63, 3.8) is 0 Å². The first-order valence-corrected chi connectivity index (χ1v) is 8.79. The van der Waals surface area contributed by atoms with Crippen LogP contribution in [-0.2, 0) is 9.53 Å². The van der Waals surface area contributed by atoms with Gasteiger partial charge < -0.3 is 13.9 Å². The summed E-state index contributed by atoms with van der Waals surface area (Å²) in [6.07, 6.45) is 3.34. The molecular weight excluding hydrogens is 350 g/mol. The molecule has 0 radical (unpaired) electrons. The van der Waals surface area contributed by atoms with Crippen LogP contribution in [0.3, 0.4) is 0 Å². The van der Waals surface area contributed by atoms with Gasteiger partial charge in [-0.05, 0) is 35.7 Å². The number of benzene rings is 1. The number of esters is 1. The summed E-state index contributed by atoms with van der Waals surface area (Å²) >= 11 is 1.57. The summed E-state index contributed by atoms with van der Waals surface area (Å²) in [6.45, 7) is 0. The minimum Gasteiger partial charge on any atom is -0.459 e. The smallest absolute Gasteiger partial charge is 0.364 e. The monoisotopic (exact) mass is 361 g/mol. The van der Waals surface area contributed by atoms with Gasteiger partial charge in [0.15, 0.2) is 11.5 Å². The average Bonchev–Trinajstić information content (AvgIpc) is 3.42. The van der Waals surface area contributed by atoms with Crippen LogP contribution in [0.1, 0.15) is 16.2 Å². The van der Waals surface area contributed by atoms with Crippen molar-refractivity contribution in [3.05, 3.63) is 88.1 Å². The molecule has 2 aliphatic heterocycles. The number of para-hydroxylation sites is 1. The number of cyclic esters (lactones) is 1. The van der Waals surface area contributed by atoms with Crippen LogP contribution in [0.15, 0.2) is 81.4 Å². The summed E-state index contributed by atoms with van der Waals surface area (Å²) in [5.74, 6) is 1.42. The van der Waals surface area contributed by atoms with Crippen molar-refractivity contribution in [2.24, 2.45) is 4.99 Å². The average molecular weight is 361 g/mol. The highest BCUT2D eigenvalue weighted by Gasteiger charge is 2.31. The highest BCUT2D eigenvalue weighted by atomic mass is 32.1. The van der Waals surface area contributed by atoms with E-state index >= 15 is 0 Å². The highest BCUT2D eigenvalue weighted by Crippen LogP contribution is 2.40. The molecule has 0 atom stereocenters. The zero-order chi connectivity index (χ0) is 17.5. The summed E-state index contributed by atoms with van der Waals surface area (Å²) in [5.41, 5.74) is 1.70. The SMILES string of the molecule is O=C1OC(c2ccco2)=NC1=C1C=C(c2cccs2)Oc2ccccc21. The summed E-state index contributed by atoms with van der Waals surface area (Å²) in [6, 6.07) is 14.9. The Hall–Kier alpha value is -3.38. The van der Waals surface area contributed by atoms with E-state index in [2.05, 4.69) is 4.99 Å². The number of thiophene rings is 1. The zero-order valence-electron chi connectivity index (χ0n) is 13.3. The van der Waals surface area contributed by atoms with Gasteiger partial charge in [0.05, 0.1) is 11.1 Å². The Labute approximate surface area is 152 Å². The predicted molar refractivity (Wildman–Crippen MR) is 97.6 cm³/mol. The molecule has 0 amide bonds. The van der Waals surface area contributed by atoms with Gasteiger partial charge in [-0.1, -0.05) is 24.3 Å². The van der Waals surface area contributed by atoms with Crippen molar-refractivity contribution >= 4 is 34.5 Å². The molecule has 0 bridgehead atoms. The maximum absolute atomic E-state index is 12.5. The number of aliphatic imine (C=N–C) groups is 1. The van der Waals surface area contributed by atoms with Gasteiger partial charge >= 0.3 is 5.97 Å².